The van der Waals surface area contributed by atoms with Crippen molar-refractivity contribution in [2.75, 3.05) is 0 Å². The lowest BCUT2D eigenvalue weighted by molar-refractivity contribution is 1.41. The molecule has 1 heteroatoms. The zero-order valence-corrected chi connectivity index (χ0v) is 9.16. The van der Waals surface area contributed by atoms with Gasteiger partial charge in [-0.15, -0.1) is 0 Å². The molecule has 0 fully saturated rings. The SMILES string of the molecule is C/C=C/CB(C/C=C/C)C/C=C/C. The lowest BCUT2D eigenvalue weighted by atomic mass is 9.43. The molecule has 0 saturated heterocycles. The number of hydrogen-bond donors (Lipinski definition) is 0. The van der Waals surface area contributed by atoms with Gasteiger partial charge in [-0.25, -0.2) is 0 Å². The number of hydrogen-bond acceptors (Lipinski definition) is 0. The molecule has 0 atom stereocenters. The maximum Gasteiger partial charge on any atom is 0.151 e. The fraction of sp³-hybridized carbons (Fsp3) is 0.500. The third kappa shape index (κ3) is 7.64. The first kappa shape index (κ1) is 12.3. The van der Waals surface area contributed by atoms with Crippen molar-refractivity contribution in [2.45, 2.75) is 39.7 Å². The Labute approximate surface area is 83.5 Å². The van der Waals surface area contributed by atoms with Crippen LogP contribution < -0.4 is 0 Å². The Morgan fingerprint density at radius 2 is 1.00 bits per heavy atom. The summed E-state index contributed by atoms with van der Waals surface area (Å²) >= 11 is 0. The fourth-order valence-electron chi connectivity index (χ4n) is 1.27. The minimum atomic E-state index is 0.781. The highest BCUT2D eigenvalue weighted by atomic mass is 13.8. The summed E-state index contributed by atoms with van der Waals surface area (Å²) in [5.74, 6) is 0. The molecule has 0 heterocycles. The standard InChI is InChI=1S/C12H21B/c1-4-7-10-13(11-8-5-2)12-9-6-3/h4-9H,10-12H2,1-3H3/b7-4+,8-5+,9-6+. The van der Waals surface area contributed by atoms with E-state index in [4.69, 9.17) is 0 Å². The van der Waals surface area contributed by atoms with Crippen molar-refractivity contribution in [1.29, 1.82) is 0 Å². The molecule has 0 radical (unpaired) electrons. The molecule has 0 N–H and O–H groups in total. The van der Waals surface area contributed by atoms with Gasteiger partial charge >= 0.3 is 0 Å². The van der Waals surface area contributed by atoms with E-state index in [0.717, 1.165) is 6.71 Å². The summed E-state index contributed by atoms with van der Waals surface area (Å²) in [6.45, 7) is 7.04. The van der Waals surface area contributed by atoms with Gasteiger partial charge in [-0.2, -0.15) is 0 Å². The molecule has 0 aliphatic rings. The Hall–Kier alpha value is -0.715. The molecule has 0 amide bonds. The minimum absolute atomic E-state index is 0.781. The van der Waals surface area contributed by atoms with Gasteiger partial charge in [0.2, 0.25) is 0 Å². The molecule has 72 valence electrons. The van der Waals surface area contributed by atoms with Crippen molar-refractivity contribution in [3.05, 3.63) is 36.5 Å². The van der Waals surface area contributed by atoms with Crippen molar-refractivity contribution >= 4 is 6.71 Å². The molecule has 0 aromatic rings. The van der Waals surface area contributed by atoms with E-state index in [1.165, 1.54) is 19.0 Å². The Morgan fingerprint density at radius 1 is 0.692 bits per heavy atom. The van der Waals surface area contributed by atoms with Crippen molar-refractivity contribution < 1.29 is 0 Å². The predicted molar refractivity (Wildman–Crippen MR) is 64.6 cm³/mol. The van der Waals surface area contributed by atoms with Gasteiger partial charge in [-0.3, -0.25) is 0 Å². The number of allylic oxidation sites excluding steroid dienone is 6. The fourth-order valence-corrected chi connectivity index (χ4v) is 1.27. The van der Waals surface area contributed by atoms with Gasteiger partial charge < -0.3 is 0 Å². The summed E-state index contributed by atoms with van der Waals surface area (Å²) in [6, 6.07) is 0. The summed E-state index contributed by atoms with van der Waals surface area (Å²) in [7, 11) is 0. The molecule has 0 aliphatic heterocycles. The lowest BCUT2D eigenvalue weighted by Crippen LogP contribution is -2.07. The van der Waals surface area contributed by atoms with Gasteiger partial charge in [0.25, 0.3) is 0 Å². The van der Waals surface area contributed by atoms with Crippen LogP contribution in [-0.2, 0) is 0 Å². The van der Waals surface area contributed by atoms with Crippen molar-refractivity contribution in [3.8, 4) is 0 Å². The summed E-state index contributed by atoms with van der Waals surface area (Å²) in [5, 5.41) is 0. The second-order valence-electron chi connectivity index (χ2n) is 3.28. The van der Waals surface area contributed by atoms with Gasteiger partial charge in [0.05, 0.1) is 0 Å². The van der Waals surface area contributed by atoms with Crippen molar-refractivity contribution in [1.82, 2.24) is 0 Å². The molecular formula is C12H21B. The summed E-state index contributed by atoms with van der Waals surface area (Å²) < 4.78 is 0. The summed E-state index contributed by atoms with van der Waals surface area (Å²) in [4.78, 5) is 0. The molecule has 0 rings (SSSR count). The Balaban J connectivity index is 3.86. The molecule has 0 aliphatic carbocycles. The minimum Gasteiger partial charge on any atom is -0.0960 e. The van der Waals surface area contributed by atoms with Gasteiger partial charge in [0.15, 0.2) is 6.71 Å². The highest BCUT2D eigenvalue weighted by Gasteiger charge is 2.06. The molecule has 0 saturated carbocycles. The normalized spacial score (nSPS) is 12.2. The van der Waals surface area contributed by atoms with E-state index in [-0.39, 0.29) is 0 Å². The summed E-state index contributed by atoms with van der Waals surface area (Å²) in [6.07, 6.45) is 16.8. The second-order valence-corrected chi connectivity index (χ2v) is 3.28. The Morgan fingerprint density at radius 3 is 1.23 bits per heavy atom. The van der Waals surface area contributed by atoms with Crippen LogP contribution in [0, 0.1) is 0 Å². The molecular weight excluding hydrogens is 155 g/mol. The third-order valence-corrected chi connectivity index (χ3v) is 2.12. The van der Waals surface area contributed by atoms with Crippen LogP contribution in [-0.4, -0.2) is 6.71 Å². The van der Waals surface area contributed by atoms with Gasteiger partial charge in [-0.1, -0.05) is 55.4 Å². The molecule has 0 bridgehead atoms. The molecule has 0 aromatic carbocycles. The van der Waals surface area contributed by atoms with E-state index >= 15 is 0 Å². The maximum atomic E-state index is 2.26. The molecule has 13 heavy (non-hydrogen) atoms. The number of rotatable bonds is 6. The zero-order valence-electron chi connectivity index (χ0n) is 9.16. The lowest BCUT2D eigenvalue weighted by Gasteiger charge is -2.04. The van der Waals surface area contributed by atoms with Crippen LogP contribution in [0.5, 0.6) is 0 Å². The monoisotopic (exact) mass is 176 g/mol. The summed E-state index contributed by atoms with van der Waals surface area (Å²) in [5.41, 5.74) is 0. The van der Waals surface area contributed by atoms with Crippen LogP contribution in [0.25, 0.3) is 0 Å². The van der Waals surface area contributed by atoms with Gasteiger partial charge in [0, 0.05) is 0 Å². The van der Waals surface area contributed by atoms with Crippen LogP contribution >= 0.6 is 0 Å². The van der Waals surface area contributed by atoms with Gasteiger partial charge in [-0.05, 0) is 20.8 Å². The Kier molecular flexibility index (Phi) is 8.86. The van der Waals surface area contributed by atoms with E-state index in [2.05, 4.69) is 57.2 Å². The van der Waals surface area contributed by atoms with Crippen LogP contribution in [0.15, 0.2) is 36.5 Å². The van der Waals surface area contributed by atoms with Crippen LogP contribution in [0.1, 0.15) is 20.8 Å². The van der Waals surface area contributed by atoms with Crippen molar-refractivity contribution in [3.63, 3.8) is 0 Å². The van der Waals surface area contributed by atoms with Gasteiger partial charge in [0.1, 0.15) is 0 Å². The van der Waals surface area contributed by atoms with Crippen LogP contribution in [0.2, 0.25) is 19.0 Å². The maximum absolute atomic E-state index is 2.26. The molecule has 0 nitrogen and oxygen atoms in total. The highest BCUT2D eigenvalue weighted by molar-refractivity contribution is 6.60. The average Bonchev–Trinajstić information content (AvgIpc) is 2.17. The predicted octanol–water partition coefficient (Wildman–Crippen LogP) is 4.21. The van der Waals surface area contributed by atoms with Crippen molar-refractivity contribution in [2.24, 2.45) is 0 Å². The largest absolute Gasteiger partial charge is 0.151 e. The Bertz CT molecular complexity index is 144. The van der Waals surface area contributed by atoms with Crippen LogP contribution in [0.3, 0.4) is 0 Å². The first-order valence-corrected chi connectivity index (χ1v) is 5.18. The second kappa shape index (κ2) is 9.37. The zero-order chi connectivity index (χ0) is 9.94. The van der Waals surface area contributed by atoms with E-state index < -0.39 is 0 Å². The highest BCUT2D eigenvalue weighted by Crippen LogP contribution is 2.08. The van der Waals surface area contributed by atoms with E-state index in [1.54, 1.807) is 0 Å². The first-order chi connectivity index (χ1) is 6.35. The van der Waals surface area contributed by atoms with E-state index in [1.807, 2.05) is 0 Å². The topological polar surface area (TPSA) is 0 Å². The quantitative estimate of drug-likeness (QED) is 0.420. The van der Waals surface area contributed by atoms with Crippen LogP contribution in [0.4, 0.5) is 0 Å². The smallest absolute Gasteiger partial charge is 0.0960 e. The molecule has 0 unspecified atom stereocenters. The van der Waals surface area contributed by atoms with E-state index in [9.17, 15) is 0 Å². The molecule has 0 spiro atoms. The average molecular weight is 176 g/mol. The molecule has 0 aromatic heterocycles. The first-order valence-electron chi connectivity index (χ1n) is 5.18. The third-order valence-electron chi connectivity index (χ3n) is 2.12. The van der Waals surface area contributed by atoms with E-state index in [0.29, 0.717) is 0 Å².